The van der Waals surface area contributed by atoms with E-state index in [2.05, 4.69) is 15.6 Å². The van der Waals surface area contributed by atoms with Crippen molar-refractivity contribution >= 4 is 23.0 Å². The summed E-state index contributed by atoms with van der Waals surface area (Å²) in [5, 5.41) is 5.50. The SMILES string of the molecule is Cc1ccncc1NC(=O)c1cc(C(F)(F)F)ccc1Nc1ccc(F)cc1C. The van der Waals surface area contributed by atoms with E-state index in [1.807, 2.05) is 0 Å². The van der Waals surface area contributed by atoms with E-state index in [-0.39, 0.29) is 11.3 Å². The van der Waals surface area contributed by atoms with Gasteiger partial charge in [-0.1, -0.05) is 0 Å². The first-order chi connectivity index (χ1) is 13.6. The van der Waals surface area contributed by atoms with E-state index >= 15 is 0 Å². The molecule has 0 spiro atoms. The fraction of sp³-hybridized carbons (Fsp3) is 0.143. The minimum Gasteiger partial charge on any atom is -0.355 e. The molecule has 1 aromatic heterocycles. The van der Waals surface area contributed by atoms with Crippen LogP contribution >= 0.6 is 0 Å². The molecule has 8 heteroatoms. The van der Waals surface area contributed by atoms with Crippen LogP contribution < -0.4 is 10.6 Å². The molecule has 0 atom stereocenters. The second kappa shape index (κ2) is 7.90. The van der Waals surface area contributed by atoms with Gasteiger partial charge in [0, 0.05) is 11.9 Å². The number of amides is 1. The van der Waals surface area contributed by atoms with E-state index in [1.54, 1.807) is 26.1 Å². The van der Waals surface area contributed by atoms with Crippen LogP contribution in [0.15, 0.2) is 54.9 Å². The maximum atomic E-state index is 13.3. The van der Waals surface area contributed by atoms with Crippen molar-refractivity contribution in [2.75, 3.05) is 10.6 Å². The van der Waals surface area contributed by atoms with Gasteiger partial charge in [-0.15, -0.1) is 0 Å². The summed E-state index contributed by atoms with van der Waals surface area (Å²) in [6, 6.07) is 8.47. The summed E-state index contributed by atoms with van der Waals surface area (Å²) >= 11 is 0. The van der Waals surface area contributed by atoms with Crippen LogP contribution in [0.5, 0.6) is 0 Å². The first kappa shape index (κ1) is 20.3. The molecule has 2 N–H and O–H groups in total. The standard InChI is InChI=1S/C21H17F4N3O/c1-12-7-8-26-11-19(12)28-20(29)16-10-14(21(23,24)25)3-5-18(16)27-17-6-4-15(22)9-13(17)2/h3-11,27H,1-2H3,(H,28,29). The number of carbonyl (C=O) groups excluding carboxylic acids is 1. The lowest BCUT2D eigenvalue weighted by Crippen LogP contribution is -2.17. The number of aryl methyl sites for hydroxylation is 2. The van der Waals surface area contributed by atoms with Crippen LogP contribution in [0.1, 0.15) is 27.0 Å². The van der Waals surface area contributed by atoms with Crippen molar-refractivity contribution in [3.63, 3.8) is 0 Å². The van der Waals surface area contributed by atoms with Crippen molar-refractivity contribution in [1.29, 1.82) is 0 Å². The molecule has 0 aliphatic rings. The Hall–Kier alpha value is -3.42. The van der Waals surface area contributed by atoms with Gasteiger partial charge in [0.05, 0.1) is 28.7 Å². The summed E-state index contributed by atoms with van der Waals surface area (Å²) in [5.74, 6) is -1.17. The van der Waals surface area contributed by atoms with Gasteiger partial charge in [-0.2, -0.15) is 13.2 Å². The van der Waals surface area contributed by atoms with Gasteiger partial charge in [0.2, 0.25) is 0 Å². The fourth-order valence-electron chi connectivity index (χ4n) is 2.71. The maximum Gasteiger partial charge on any atom is 0.416 e. The van der Waals surface area contributed by atoms with Crippen molar-refractivity contribution < 1.29 is 22.4 Å². The van der Waals surface area contributed by atoms with Crippen molar-refractivity contribution in [2.45, 2.75) is 20.0 Å². The molecule has 1 amide bonds. The Morgan fingerprint density at radius 3 is 2.31 bits per heavy atom. The van der Waals surface area contributed by atoms with E-state index in [9.17, 15) is 22.4 Å². The number of aromatic nitrogens is 1. The molecule has 1 heterocycles. The molecule has 3 aromatic rings. The molecule has 2 aromatic carbocycles. The van der Waals surface area contributed by atoms with Crippen LogP contribution in [0.2, 0.25) is 0 Å². The lowest BCUT2D eigenvalue weighted by molar-refractivity contribution is -0.137. The third-order valence-electron chi connectivity index (χ3n) is 4.34. The number of nitrogens with one attached hydrogen (secondary N) is 2. The molecular weight excluding hydrogens is 386 g/mol. The number of rotatable bonds is 4. The number of carbonyl (C=O) groups is 1. The smallest absolute Gasteiger partial charge is 0.355 e. The topological polar surface area (TPSA) is 54.0 Å². The van der Waals surface area contributed by atoms with Crippen LogP contribution in [-0.4, -0.2) is 10.9 Å². The highest BCUT2D eigenvalue weighted by atomic mass is 19.4. The summed E-state index contributed by atoms with van der Waals surface area (Å²) in [5.41, 5.74) is 1.12. The third-order valence-corrected chi connectivity index (χ3v) is 4.34. The Morgan fingerprint density at radius 2 is 1.66 bits per heavy atom. The molecule has 0 saturated heterocycles. The van der Waals surface area contributed by atoms with E-state index in [0.29, 0.717) is 22.5 Å². The second-order valence-electron chi connectivity index (χ2n) is 6.49. The molecule has 0 bridgehead atoms. The number of hydrogen-bond donors (Lipinski definition) is 2. The predicted molar refractivity (Wildman–Crippen MR) is 103 cm³/mol. The predicted octanol–water partition coefficient (Wildman–Crippen LogP) is 5.85. The van der Waals surface area contributed by atoms with Crippen molar-refractivity contribution in [1.82, 2.24) is 4.98 Å². The maximum absolute atomic E-state index is 13.3. The molecule has 0 unspecified atom stereocenters. The normalized spacial score (nSPS) is 11.2. The number of nitrogens with zero attached hydrogens (tertiary/aromatic N) is 1. The Balaban J connectivity index is 2.01. The van der Waals surface area contributed by atoms with Crippen molar-refractivity contribution in [3.05, 3.63) is 82.9 Å². The van der Waals surface area contributed by atoms with E-state index < -0.39 is 23.5 Å². The highest BCUT2D eigenvalue weighted by Crippen LogP contribution is 2.33. The average Bonchev–Trinajstić information content (AvgIpc) is 2.65. The van der Waals surface area contributed by atoms with Crippen LogP contribution in [0, 0.1) is 19.7 Å². The first-order valence-electron chi connectivity index (χ1n) is 8.61. The van der Waals surface area contributed by atoms with Crippen LogP contribution in [0.4, 0.5) is 34.6 Å². The second-order valence-corrected chi connectivity index (χ2v) is 6.49. The molecule has 0 saturated carbocycles. The first-order valence-corrected chi connectivity index (χ1v) is 8.61. The molecule has 4 nitrogen and oxygen atoms in total. The van der Waals surface area contributed by atoms with Gasteiger partial charge in [0.1, 0.15) is 5.82 Å². The minimum absolute atomic E-state index is 0.159. The molecule has 0 aliphatic heterocycles. The lowest BCUT2D eigenvalue weighted by atomic mass is 10.1. The monoisotopic (exact) mass is 403 g/mol. The highest BCUT2D eigenvalue weighted by molar-refractivity contribution is 6.08. The minimum atomic E-state index is -4.61. The van der Waals surface area contributed by atoms with Crippen LogP contribution in [0.25, 0.3) is 0 Å². The zero-order chi connectivity index (χ0) is 21.2. The number of benzene rings is 2. The van der Waals surface area contributed by atoms with E-state index in [0.717, 1.165) is 12.1 Å². The van der Waals surface area contributed by atoms with E-state index in [1.165, 1.54) is 30.5 Å². The molecule has 3 rings (SSSR count). The molecule has 0 aliphatic carbocycles. The number of alkyl halides is 3. The average molecular weight is 403 g/mol. The Morgan fingerprint density at radius 1 is 0.931 bits per heavy atom. The molecule has 150 valence electrons. The number of anilines is 3. The van der Waals surface area contributed by atoms with Gasteiger partial charge >= 0.3 is 6.18 Å². The van der Waals surface area contributed by atoms with Gasteiger partial charge in [-0.05, 0) is 67.4 Å². The van der Waals surface area contributed by atoms with Crippen LogP contribution in [-0.2, 0) is 6.18 Å². The molecule has 29 heavy (non-hydrogen) atoms. The van der Waals surface area contributed by atoms with E-state index in [4.69, 9.17) is 0 Å². The summed E-state index contributed by atoms with van der Waals surface area (Å²) in [6.45, 7) is 3.39. The zero-order valence-corrected chi connectivity index (χ0v) is 15.6. The Bertz CT molecular complexity index is 1060. The molecular formula is C21H17F4N3O. The fourth-order valence-corrected chi connectivity index (χ4v) is 2.71. The van der Waals surface area contributed by atoms with Crippen LogP contribution in [0.3, 0.4) is 0 Å². The third kappa shape index (κ3) is 4.71. The Kier molecular flexibility index (Phi) is 5.54. The molecule has 0 radical (unpaired) electrons. The number of hydrogen-bond acceptors (Lipinski definition) is 3. The number of pyridine rings is 1. The van der Waals surface area contributed by atoms with Gasteiger partial charge in [-0.25, -0.2) is 4.39 Å². The summed E-state index contributed by atoms with van der Waals surface area (Å²) in [6.07, 6.45) is -1.65. The number of halogens is 4. The summed E-state index contributed by atoms with van der Waals surface area (Å²) in [4.78, 5) is 16.7. The van der Waals surface area contributed by atoms with Gasteiger partial charge in [0.25, 0.3) is 5.91 Å². The molecule has 0 fully saturated rings. The van der Waals surface area contributed by atoms with Gasteiger partial charge < -0.3 is 10.6 Å². The summed E-state index contributed by atoms with van der Waals surface area (Å²) < 4.78 is 52.9. The van der Waals surface area contributed by atoms with Gasteiger partial charge in [0.15, 0.2) is 0 Å². The van der Waals surface area contributed by atoms with Crippen molar-refractivity contribution in [2.24, 2.45) is 0 Å². The van der Waals surface area contributed by atoms with Gasteiger partial charge in [-0.3, -0.25) is 9.78 Å². The Labute approximate surface area is 164 Å². The lowest BCUT2D eigenvalue weighted by Gasteiger charge is -2.17. The van der Waals surface area contributed by atoms with Crippen molar-refractivity contribution in [3.8, 4) is 0 Å². The zero-order valence-electron chi connectivity index (χ0n) is 15.6. The summed E-state index contributed by atoms with van der Waals surface area (Å²) in [7, 11) is 0. The largest absolute Gasteiger partial charge is 0.416 e. The highest BCUT2D eigenvalue weighted by Gasteiger charge is 2.32. The quantitative estimate of drug-likeness (QED) is 0.537.